The van der Waals surface area contributed by atoms with Crippen molar-refractivity contribution in [3.05, 3.63) is 75.2 Å². The molecule has 0 unspecified atom stereocenters. The van der Waals surface area contributed by atoms with Gasteiger partial charge in [0, 0.05) is 30.3 Å². The van der Waals surface area contributed by atoms with E-state index in [0.717, 1.165) is 5.56 Å². The molecule has 0 aliphatic carbocycles. The quantitative estimate of drug-likeness (QED) is 0.238. The summed E-state index contributed by atoms with van der Waals surface area (Å²) in [4.78, 5) is 31.9. The molecule has 4 rings (SSSR count). The number of carbonyl (C=O) groups is 1. The van der Waals surface area contributed by atoms with Gasteiger partial charge in [-0.15, -0.1) is 12.4 Å². The Kier molecular flexibility index (Phi) is 8.85. The molecular weight excluding hydrogens is 526 g/mol. The Hall–Kier alpha value is -4.95. The number of benzene rings is 2. The first-order chi connectivity index (χ1) is 18.2. The zero-order valence-electron chi connectivity index (χ0n) is 21.3. The molecule has 11 nitrogen and oxygen atoms in total. The van der Waals surface area contributed by atoms with Gasteiger partial charge in [0.2, 0.25) is 11.4 Å². The maximum Gasteiger partial charge on any atom is 0.511 e. The topological polar surface area (TPSA) is 165 Å². The normalized spacial score (nSPS) is 10.2. The molecule has 0 aliphatic heterocycles. The number of hydrogen-bond acceptors (Lipinski definition) is 9. The zero-order chi connectivity index (χ0) is 27.4. The number of nitrogens with two attached hydrogens (primary N) is 2. The van der Waals surface area contributed by atoms with Gasteiger partial charge in [-0.25, -0.2) is 9.78 Å². The average Bonchev–Trinajstić information content (AvgIpc) is 2.90. The van der Waals surface area contributed by atoms with E-state index in [1.54, 1.807) is 29.0 Å². The Bertz CT molecular complexity index is 1680. The van der Waals surface area contributed by atoms with Gasteiger partial charge in [-0.1, -0.05) is 11.8 Å². The van der Waals surface area contributed by atoms with Crippen LogP contribution in [0.1, 0.15) is 29.2 Å². The third-order valence-corrected chi connectivity index (χ3v) is 5.78. The van der Waals surface area contributed by atoms with Crippen LogP contribution in [0, 0.1) is 11.8 Å². The van der Waals surface area contributed by atoms with Gasteiger partial charge in [0.1, 0.15) is 5.82 Å². The van der Waals surface area contributed by atoms with Crippen molar-refractivity contribution < 1.29 is 24.1 Å². The SMILES string of the molecule is CCn1cc(OC(=O)O)c(=O)c2cc(C#Cc3cc(Cc4cnc(N)nc4N)cc(OC)c3OC)ccc21.Cl. The molecule has 12 heteroatoms. The van der Waals surface area contributed by atoms with Gasteiger partial charge in [-0.3, -0.25) is 4.79 Å². The van der Waals surface area contributed by atoms with Gasteiger partial charge in [0.25, 0.3) is 0 Å². The molecule has 0 atom stereocenters. The van der Waals surface area contributed by atoms with Crippen molar-refractivity contribution in [2.45, 2.75) is 19.9 Å². The Morgan fingerprint density at radius 1 is 1.10 bits per heavy atom. The van der Waals surface area contributed by atoms with Crippen LogP contribution >= 0.6 is 12.4 Å². The van der Waals surface area contributed by atoms with Gasteiger partial charge in [0.05, 0.1) is 36.9 Å². The van der Waals surface area contributed by atoms with Crippen molar-refractivity contribution in [1.82, 2.24) is 14.5 Å². The fourth-order valence-electron chi connectivity index (χ4n) is 4.02. The fraction of sp³-hybridized carbons (Fsp3) is 0.185. The third kappa shape index (κ3) is 6.14. The first-order valence-corrected chi connectivity index (χ1v) is 11.5. The van der Waals surface area contributed by atoms with Crippen LogP contribution < -0.4 is 31.1 Å². The second-order valence-corrected chi connectivity index (χ2v) is 8.15. The molecule has 5 N–H and O–H groups in total. The lowest BCUT2D eigenvalue weighted by Gasteiger charge is -2.13. The number of ether oxygens (including phenoxy) is 3. The number of anilines is 2. The summed E-state index contributed by atoms with van der Waals surface area (Å²) in [7, 11) is 3.04. The highest BCUT2D eigenvalue weighted by atomic mass is 35.5. The van der Waals surface area contributed by atoms with E-state index >= 15 is 0 Å². The molecule has 4 aromatic rings. The Morgan fingerprint density at radius 3 is 2.51 bits per heavy atom. The van der Waals surface area contributed by atoms with E-state index in [2.05, 4.69) is 26.5 Å². The van der Waals surface area contributed by atoms with Crippen molar-refractivity contribution in [3.63, 3.8) is 0 Å². The first kappa shape index (κ1) is 28.6. The van der Waals surface area contributed by atoms with Crippen LogP contribution in [-0.4, -0.2) is 40.0 Å². The van der Waals surface area contributed by atoms with Gasteiger partial charge < -0.3 is 35.4 Å². The Balaban J connectivity index is 0.00000420. The fourth-order valence-corrected chi connectivity index (χ4v) is 4.02. The van der Waals surface area contributed by atoms with Gasteiger partial charge in [-0.2, -0.15) is 4.98 Å². The van der Waals surface area contributed by atoms with Crippen molar-refractivity contribution in [3.8, 4) is 29.1 Å². The molecule has 0 saturated carbocycles. The molecule has 0 saturated heterocycles. The summed E-state index contributed by atoms with van der Waals surface area (Å²) >= 11 is 0. The molecule has 0 spiro atoms. The van der Waals surface area contributed by atoms with Crippen molar-refractivity contribution in [2.24, 2.45) is 0 Å². The summed E-state index contributed by atoms with van der Waals surface area (Å²) in [6, 6.07) is 8.79. The summed E-state index contributed by atoms with van der Waals surface area (Å²) in [5.74, 6) is 7.16. The van der Waals surface area contributed by atoms with Crippen LogP contribution in [0.5, 0.6) is 17.2 Å². The van der Waals surface area contributed by atoms with Gasteiger partial charge in [-0.05, 0) is 42.8 Å². The largest absolute Gasteiger partial charge is 0.511 e. The first-order valence-electron chi connectivity index (χ1n) is 11.5. The lowest BCUT2D eigenvalue weighted by atomic mass is 10.0. The zero-order valence-corrected chi connectivity index (χ0v) is 22.2. The number of carboxylic acid groups (broad SMARTS) is 1. The van der Waals surface area contributed by atoms with E-state index in [1.165, 1.54) is 20.4 Å². The van der Waals surface area contributed by atoms with Gasteiger partial charge >= 0.3 is 6.16 Å². The molecule has 2 aromatic carbocycles. The molecule has 2 heterocycles. The number of rotatable bonds is 6. The predicted molar refractivity (Wildman–Crippen MR) is 149 cm³/mol. The van der Waals surface area contributed by atoms with E-state index in [-0.39, 0.29) is 35.3 Å². The van der Waals surface area contributed by atoms with Crippen LogP contribution in [-0.2, 0) is 13.0 Å². The summed E-state index contributed by atoms with van der Waals surface area (Å²) in [5.41, 5.74) is 14.3. The van der Waals surface area contributed by atoms with E-state index in [4.69, 9.17) is 26.0 Å². The highest BCUT2D eigenvalue weighted by Crippen LogP contribution is 2.33. The average molecular weight is 552 g/mol. The maximum atomic E-state index is 12.9. The molecular formula is C27H26ClN5O6. The molecule has 39 heavy (non-hydrogen) atoms. The molecule has 202 valence electrons. The van der Waals surface area contributed by atoms with E-state index in [9.17, 15) is 9.59 Å². The van der Waals surface area contributed by atoms with E-state index in [1.807, 2.05) is 19.1 Å². The maximum absolute atomic E-state index is 12.9. The minimum atomic E-state index is -1.56. The number of aromatic nitrogens is 3. The van der Waals surface area contributed by atoms with E-state index < -0.39 is 11.6 Å². The summed E-state index contributed by atoms with van der Waals surface area (Å²) in [6.07, 6.45) is 1.79. The van der Waals surface area contributed by atoms with Crippen molar-refractivity contribution >= 4 is 41.2 Å². The standard InChI is InChI=1S/C27H25N5O6.ClH/c1-4-32-14-22(38-27(34)35)23(33)19-11-15(6-8-20(19)32)5-7-17-9-16(12-21(36-2)24(17)37-3)10-18-13-30-26(29)31-25(18)28;/h6,8-9,11-14H,4,10H2,1-3H3,(H,34,35)(H4,28,29,30,31);1H. The molecule has 0 bridgehead atoms. The van der Waals surface area contributed by atoms with Crippen LogP contribution in [0.2, 0.25) is 0 Å². The number of hydrogen-bond donors (Lipinski definition) is 3. The number of nitrogens with zero attached hydrogens (tertiary/aromatic N) is 3. The highest BCUT2D eigenvalue weighted by molar-refractivity contribution is 5.85. The molecule has 0 aliphatic rings. The number of fused-ring (bicyclic) bond motifs is 1. The second kappa shape index (κ2) is 12.1. The Labute approximate surface area is 229 Å². The van der Waals surface area contributed by atoms with Crippen LogP contribution in [0.25, 0.3) is 10.9 Å². The van der Waals surface area contributed by atoms with Crippen molar-refractivity contribution in [2.75, 3.05) is 25.7 Å². The number of nitrogen functional groups attached to an aromatic ring is 2. The highest BCUT2D eigenvalue weighted by Gasteiger charge is 2.15. The number of methoxy groups -OCH3 is 2. The lowest BCUT2D eigenvalue weighted by Crippen LogP contribution is -2.16. The summed E-state index contributed by atoms with van der Waals surface area (Å²) in [6.45, 7) is 2.38. The van der Waals surface area contributed by atoms with Crippen LogP contribution in [0.3, 0.4) is 0 Å². The second-order valence-electron chi connectivity index (χ2n) is 8.15. The van der Waals surface area contributed by atoms with Crippen LogP contribution in [0.4, 0.5) is 16.6 Å². The Morgan fingerprint density at radius 2 is 1.87 bits per heavy atom. The minimum absolute atomic E-state index is 0. The van der Waals surface area contributed by atoms with Crippen molar-refractivity contribution in [1.29, 1.82) is 0 Å². The number of halogens is 1. The van der Waals surface area contributed by atoms with Crippen LogP contribution in [0.15, 0.2) is 47.5 Å². The molecule has 0 radical (unpaired) electrons. The number of pyridine rings is 1. The molecule has 0 amide bonds. The molecule has 2 aromatic heterocycles. The number of aryl methyl sites for hydroxylation is 1. The minimum Gasteiger partial charge on any atom is -0.493 e. The lowest BCUT2D eigenvalue weighted by molar-refractivity contribution is 0.144. The monoisotopic (exact) mass is 551 g/mol. The summed E-state index contributed by atoms with van der Waals surface area (Å²) < 4.78 is 17.5. The van der Waals surface area contributed by atoms with Gasteiger partial charge in [0.15, 0.2) is 17.2 Å². The smallest absolute Gasteiger partial charge is 0.493 e. The predicted octanol–water partition coefficient (Wildman–Crippen LogP) is 3.46. The third-order valence-electron chi connectivity index (χ3n) is 5.78. The van der Waals surface area contributed by atoms with E-state index in [0.29, 0.717) is 46.7 Å². The molecule has 0 fully saturated rings. The summed E-state index contributed by atoms with van der Waals surface area (Å²) in [5, 5.41) is 9.28.